The lowest BCUT2D eigenvalue weighted by Gasteiger charge is -2.26. The molecular weight excluding hydrogens is 282 g/mol. The molecule has 1 saturated heterocycles. The van der Waals surface area contributed by atoms with Gasteiger partial charge in [-0.05, 0) is 12.5 Å². The number of thiophene rings is 1. The number of ether oxygens (including phenoxy) is 2. The zero-order valence-corrected chi connectivity index (χ0v) is 12.1. The summed E-state index contributed by atoms with van der Waals surface area (Å²) < 4.78 is 10.6. The molecule has 1 aliphatic rings. The fourth-order valence-corrected chi connectivity index (χ4v) is 2.77. The molecule has 0 radical (unpaired) electrons. The molecular formula is C13H17NO5S. The van der Waals surface area contributed by atoms with Gasteiger partial charge in [-0.3, -0.25) is 4.79 Å². The molecule has 0 aromatic carbocycles. The van der Waals surface area contributed by atoms with Gasteiger partial charge in [-0.25, -0.2) is 4.79 Å². The summed E-state index contributed by atoms with van der Waals surface area (Å²) in [5, 5.41) is 9.11. The standard InChI is InChI=1S/C13H17NO5S/c1-2-9-7-10(12(20-9)13(16)17)19-8-11(15)14-3-5-18-6-4-14/h7H,2-6,8H2,1H3,(H,16,17). The van der Waals surface area contributed by atoms with Crippen LogP contribution in [0.5, 0.6) is 5.75 Å². The summed E-state index contributed by atoms with van der Waals surface area (Å²) in [6, 6.07) is 1.70. The summed E-state index contributed by atoms with van der Waals surface area (Å²) in [6.07, 6.45) is 0.742. The Hall–Kier alpha value is -1.60. The van der Waals surface area contributed by atoms with E-state index in [1.165, 1.54) is 11.3 Å². The molecule has 0 saturated carbocycles. The molecule has 0 bridgehead atoms. The second-order valence-electron chi connectivity index (χ2n) is 4.35. The van der Waals surface area contributed by atoms with Crippen LogP contribution in [0.1, 0.15) is 21.5 Å². The molecule has 1 amide bonds. The zero-order chi connectivity index (χ0) is 14.5. The van der Waals surface area contributed by atoms with Gasteiger partial charge in [0.25, 0.3) is 5.91 Å². The van der Waals surface area contributed by atoms with Crippen LogP contribution in [-0.4, -0.2) is 54.8 Å². The molecule has 2 rings (SSSR count). The number of rotatable bonds is 5. The van der Waals surface area contributed by atoms with Crippen molar-refractivity contribution >= 4 is 23.2 Å². The number of hydrogen-bond donors (Lipinski definition) is 1. The molecule has 0 aliphatic carbocycles. The van der Waals surface area contributed by atoms with Gasteiger partial charge in [0.1, 0.15) is 5.75 Å². The number of amides is 1. The van der Waals surface area contributed by atoms with Gasteiger partial charge in [-0.1, -0.05) is 6.92 Å². The SMILES string of the molecule is CCc1cc(OCC(=O)N2CCOCC2)c(C(=O)O)s1. The molecule has 110 valence electrons. The first kappa shape index (κ1) is 14.8. The van der Waals surface area contributed by atoms with Gasteiger partial charge in [0.15, 0.2) is 11.5 Å². The summed E-state index contributed by atoms with van der Waals surface area (Å²) in [5.41, 5.74) is 0. The molecule has 6 nitrogen and oxygen atoms in total. The minimum absolute atomic E-state index is 0.139. The van der Waals surface area contributed by atoms with Gasteiger partial charge in [-0.15, -0.1) is 11.3 Å². The van der Waals surface area contributed by atoms with E-state index in [9.17, 15) is 9.59 Å². The molecule has 1 aliphatic heterocycles. The van der Waals surface area contributed by atoms with Crippen molar-refractivity contribution < 1.29 is 24.2 Å². The van der Waals surface area contributed by atoms with Crippen LogP contribution >= 0.6 is 11.3 Å². The van der Waals surface area contributed by atoms with Crippen molar-refractivity contribution in [2.24, 2.45) is 0 Å². The molecule has 0 unspecified atom stereocenters. The number of hydrogen-bond acceptors (Lipinski definition) is 5. The van der Waals surface area contributed by atoms with Gasteiger partial charge >= 0.3 is 5.97 Å². The van der Waals surface area contributed by atoms with Crippen LogP contribution in [0.15, 0.2) is 6.07 Å². The predicted octanol–water partition coefficient (Wildman–Crippen LogP) is 1.25. The largest absolute Gasteiger partial charge is 0.482 e. The van der Waals surface area contributed by atoms with E-state index in [1.807, 2.05) is 6.92 Å². The van der Waals surface area contributed by atoms with Crippen LogP contribution in [-0.2, 0) is 16.0 Å². The quantitative estimate of drug-likeness (QED) is 0.885. The first-order valence-corrected chi connectivity index (χ1v) is 7.27. The van der Waals surface area contributed by atoms with Crippen LogP contribution in [0.25, 0.3) is 0 Å². The maximum absolute atomic E-state index is 11.9. The number of carbonyl (C=O) groups is 2. The Morgan fingerprint density at radius 2 is 2.15 bits per heavy atom. The summed E-state index contributed by atoms with van der Waals surface area (Å²) in [5.74, 6) is -0.890. The first-order valence-electron chi connectivity index (χ1n) is 6.46. The highest BCUT2D eigenvalue weighted by Gasteiger charge is 2.20. The maximum Gasteiger partial charge on any atom is 0.349 e. The van der Waals surface area contributed by atoms with Crippen molar-refractivity contribution in [3.8, 4) is 5.75 Å². The highest BCUT2D eigenvalue weighted by Crippen LogP contribution is 2.29. The van der Waals surface area contributed by atoms with Gasteiger partial charge in [0, 0.05) is 18.0 Å². The number of aromatic carboxylic acids is 1. The number of carbonyl (C=O) groups excluding carboxylic acids is 1. The summed E-state index contributed by atoms with van der Waals surface area (Å²) >= 11 is 1.19. The van der Waals surface area contributed by atoms with Gasteiger partial charge in [0.05, 0.1) is 13.2 Å². The lowest BCUT2D eigenvalue weighted by atomic mass is 10.3. The van der Waals surface area contributed by atoms with E-state index in [0.29, 0.717) is 26.3 Å². The molecule has 20 heavy (non-hydrogen) atoms. The van der Waals surface area contributed by atoms with E-state index in [2.05, 4.69) is 0 Å². The summed E-state index contributed by atoms with van der Waals surface area (Å²) in [4.78, 5) is 25.8. The Bertz CT molecular complexity index is 493. The molecule has 1 aromatic rings. The van der Waals surface area contributed by atoms with Crippen molar-refractivity contribution in [1.29, 1.82) is 0 Å². The average Bonchev–Trinajstić information content (AvgIpc) is 2.89. The highest BCUT2D eigenvalue weighted by molar-refractivity contribution is 7.14. The van der Waals surface area contributed by atoms with Crippen LogP contribution in [0.2, 0.25) is 0 Å². The smallest absolute Gasteiger partial charge is 0.349 e. The number of morpholine rings is 1. The Morgan fingerprint density at radius 1 is 1.45 bits per heavy atom. The van der Waals surface area contributed by atoms with Crippen LogP contribution in [0.4, 0.5) is 0 Å². The van der Waals surface area contributed by atoms with Gasteiger partial charge in [-0.2, -0.15) is 0 Å². The second kappa shape index (κ2) is 6.71. The van der Waals surface area contributed by atoms with E-state index >= 15 is 0 Å². The monoisotopic (exact) mass is 299 g/mol. The van der Waals surface area contributed by atoms with Gasteiger partial charge < -0.3 is 19.5 Å². The van der Waals surface area contributed by atoms with Crippen LogP contribution in [0.3, 0.4) is 0 Å². The Labute approximate surface area is 120 Å². The maximum atomic E-state index is 11.9. The Kier molecular flexibility index (Phi) is 4.97. The third kappa shape index (κ3) is 3.49. The summed E-state index contributed by atoms with van der Waals surface area (Å²) in [6.45, 7) is 3.98. The Balaban J connectivity index is 1.97. The minimum Gasteiger partial charge on any atom is -0.482 e. The van der Waals surface area contributed by atoms with E-state index in [0.717, 1.165) is 11.3 Å². The molecule has 0 atom stereocenters. The number of aryl methyl sites for hydroxylation is 1. The van der Waals surface area contributed by atoms with Crippen molar-refractivity contribution in [3.05, 3.63) is 15.8 Å². The van der Waals surface area contributed by atoms with Crippen LogP contribution < -0.4 is 4.74 Å². The average molecular weight is 299 g/mol. The molecule has 2 heterocycles. The predicted molar refractivity (Wildman–Crippen MR) is 73.6 cm³/mol. The Morgan fingerprint density at radius 3 is 2.75 bits per heavy atom. The molecule has 1 N–H and O–H groups in total. The lowest BCUT2D eigenvalue weighted by molar-refractivity contribution is -0.137. The number of nitrogens with zero attached hydrogens (tertiary/aromatic N) is 1. The molecule has 0 spiro atoms. The second-order valence-corrected chi connectivity index (χ2v) is 5.48. The van der Waals surface area contributed by atoms with E-state index in [-0.39, 0.29) is 23.1 Å². The van der Waals surface area contributed by atoms with Gasteiger partial charge in [0.2, 0.25) is 0 Å². The van der Waals surface area contributed by atoms with Crippen molar-refractivity contribution in [1.82, 2.24) is 4.90 Å². The number of carboxylic acid groups (broad SMARTS) is 1. The van der Waals surface area contributed by atoms with E-state index < -0.39 is 5.97 Å². The molecule has 1 aromatic heterocycles. The van der Waals surface area contributed by atoms with E-state index in [4.69, 9.17) is 14.6 Å². The normalized spacial score (nSPS) is 15.2. The topological polar surface area (TPSA) is 76.1 Å². The van der Waals surface area contributed by atoms with Crippen molar-refractivity contribution in [2.75, 3.05) is 32.9 Å². The molecule has 1 fully saturated rings. The third-order valence-corrected chi connectivity index (χ3v) is 4.26. The fourth-order valence-electron chi connectivity index (χ4n) is 1.90. The minimum atomic E-state index is -1.02. The molecule has 7 heteroatoms. The number of carboxylic acids is 1. The summed E-state index contributed by atoms with van der Waals surface area (Å²) in [7, 11) is 0. The lowest BCUT2D eigenvalue weighted by Crippen LogP contribution is -2.43. The highest BCUT2D eigenvalue weighted by atomic mass is 32.1. The third-order valence-electron chi connectivity index (χ3n) is 3.01. The van der Waals surface area contributed by atoms with Crippen molar-refractivity contribution in [2.45, 2.75) is 13.3 Å². The fraction of sp³-hybridized carbons (Fsp3) is 0.538. The zero-order valence-electron chi connectivity index (χ0n) is 11.3. The first-order chi connectivity index (χ1) is 9.61. The van der Waals surface area contributed by atoms with Crippen molar-refractivity contribution in [3.63, 3.8) is 0 Å². The van der Waals surface area contributed by atoms with E-state index in [1.54, 1.807) is 11.0 Å². The van der Waals surface area contributed by atoms with Crippen LogP contribution in [0, 0.1) is 0 Å².